The van der Waals surface area contributed by atoms with Crippen LogP contribution < -0.4 is 5.32 Å². The fourth-order valence-corrected chi connectivity index (χ4v) is 1.97. The molecule has 0 aliphatic rings. The average Bonchev–Trinajstić information content (AvgIpc) is 2.41. The maximum atomic E-state index is 12.8. The number of rotatable bonds is 4. The molecule has 0 fully saturated rings. The second-order valence-electron chi connectivity index (χ2n) is 4.55. The lowest BCUT2D eigenvalue weighted by Gasteiger charge is -2.17. The Hall–Kier alpha value is -2.43. The Balaban J connectivity index is 2.23. The van der Waals surface area contributed by atoms with E-state index in [9.17, 15) is 9.18 Å². The van der Waals surface area contributed by atoms with Gasteiger partial charge in [0, 0.05) is 5.69 Å². The molecule has 5 heteroatoms. The third-order valence-electron chi connectivity index (χ3n) is 3.13. The van der Waals surface area contributed by atoms with Crippen LogP contribution in [0, 0.1) is 12.7 Å². The number of anilines is 1. The molecule has 0 radical (unpaired) electrons. The highest BCUT2D eigenvalue weighted by Crippen LogP contribution is 2.23. The molecule has 1 unspecified atom stereocenters. The third-order valence-corrected chi connectivity index (χ3v) is 3.13. The second-order valence-corrected chi connectivity index (χ2v) is 4.55. The summed E-state index contributed by atoms with van der Waals surface area (Å²) in [5.41, 5.74) is 2.33. The number of hydrogen-bond acceptors (Lipinski definition) is 3. The lowest BCUT2D eigenvalue weighted by Crippen LogP contribution is -2.11. The van der Waals surface area contributed by atoms with Crippen LogP contribution in [0.25, 0.3) is 0 Å². The third kappa shape index (κ3) is 2.93. The highest BCUT2D eigenvalue weighted by molar-refractivity contribution is 5.91. The summed E-state index contributed by atoms with van der Waals surface area (Å²) in [4.78, 5) is 15.1. The normalized spacial score (nSPS) is 11.9. The maximum absolute atomic E-state index is 12.8. The lowest BCUT2D eigenvalue weighted by atomic mass is 10.1. The zero-order chi connectivity index (χ0) is 14.7. The first-order chi connectivity index (χ1) is 9.49. The molecule has 0 amide bonds. The molecule has 0 aliphatic heterocycles. The fraction of sp³-hybridized carbons (Fsp3) is 0.200. The number of nitrogens with one attached hydrogen (secondary N) is 1. The highest BCUT2D eigenvalue weighted by atomic mass is 19.1. The molecule has 1 heterocycles. The van der Waals surface area contributed by atoms with Gasteiger partial charge in [0.15, 0.2) is 0 Å². The maximum Gasteiger partial charge on any atom is 0.336 e. The van der Waals surface area contributed by atoms with Gasteiger partial charge in [0.2, 0.25) is 0 Å². The quantitative estimate of drug-likeness (QED) is 0.897. The molecule has 0 saturated carbocycles. The number of carboxylic acids is 1. The highest BCUT2D eigenvalue weighted by Gasteiger charge is 2.13. The van der Waals surface area contributed by atoms with Crippen molar-refractivity contribution in [1.82, 2.24) is 4.98 Å². The molecule has 2 N–H and O–H groups in total. The molecule has 104 valence electrons. The zero-order valence-corrected chi connectivity index (χ0v) is 11.2. The van der Waals surface area contributed by atoms with Crippen LogP contribution in [0.1, 0.15) is 34.6 Å². The van der Waals surface area contributed by atoms with E-state index in [1.54, 1.807) is 25.1 Å². The van der Waals surface area contributed by atoms with Crippen molar-refractivity contribution >= 4 is 11.7 Å². The van der Waals surface area contributed by atoms with E-state index < -0.39 is 5.97 Å². The predicted molar refractivity (Wildman–Crippen MR) is 74.4 cm³/mol. The number of halogens is 1. The van der Waals surface area contributed by atoms with Gasteiger partial charge >= 0.3 is 5.97 Å². The van der Waals surface area contributed by atoms with Gasteiger partial charge in [0.05, 0.1) is 23.5 Å². The molecule has 1 aromatic heterocycles. The standard InChI is InChI=1S/C15H15FN2O2/c1-9-12(15(19)20)4-3-5-13(9)18-10(2)14-7-6-11(16)8-17-14/h3-8,10,18H,1-2H3,(H,19,20). The minimum atomic E-state index is -0.960. The van der Waals surface area contributed by atoms with E-state index in [1.165, 1.54) is 6.07 Å². The van der Waals surface area contributed by atoms with Gasteiger partial charge in [-0.25, -0.2) is 9.18 Å². The van der Waals surface area contributed by atoms with E-state index in [0.717, 1.165) is 11.9 Å². The summed E-state index contributed by atoms with van der Waals surface area (Å²) in [6, 6.07) is 7.85. The summed E-state index contributed by atoms with van der Waals surface area (Å²) < 4.78 is 12.8. The number of carboxylic acid groups (broad SMARTS) is 1. The summed E-state index contributed by atoms with van der Waals surface area (Å²) in [6.07, 6.45) is 1.16. The summed E-state index contributed by atoms with van der Waals surface area (Å²) >= 11 is 0. The molecular formula is C15H15FN2O2. The van der Waals surface area contributed by atoms with Crippen LogP contribution in [0.5, 0.6) is 0 Å². The summed E-state index contributed by atoms with van der Waals surface area (Å²) in [5, 5.41) is 12.3. The Kier molecular flexibility index (Phi) is 3.98. The van der Waals surface area contributed by atoms with Gasteiger partial charge in [-0.05, 0) is 43.7 Å². The van der Waals surface area contributed by atoms with Crippen molar-refractivity contribution in [2.75, 3.05) is 5.32 Å². The van der Waals surface area contributed by atoms with Crippen LogP contribution in [0.15, 0.2) is 36.5 Å². The van der Waals surface area contributed by atoms with Gasteiger partial charge in [0.25, 0.3) is 0 Å². The number of nitrogens with zero attached hydrogens (tertiary/aromatic N) is 1. The van der Waals surface area contributed by atoms with Gasteiger partial charge in [0.1, 0.15) is 5.82 Å². The van der Waals surface area contributed by atoms with Crippen molar-refractivity contribution < 1.29 is 14.3 Å². The molecule has 2 aromatic rings. The largest absolute Gasteiger partial charge is 0.478 e. The number of carbonyl (C=O) groups is 1. The smallest absolute Gasteiger partial charge is 0.336 e. The SMILES string of the molecule is Cc1c(NC(C)c2ccc(F)cn2)cccc1C(=O)O. The molecule has 1 aromatic carbocycles. The van der Waals surface area contributed by atoms with Crippen molar-refractivity contribution in [2.45, 2.75) is 19.9 Å². The van der Waals surface area contributed by atoms with Crippen LogP contribution in [-0.2, 0) is 0 Å². The molecule has 4 nitrogen and oxygen atoms in total. The van der Waals surface area contributed by atoms with Crippen molar-refractivity contribution in [3.05, 3.63) is 59.2 Å². The average molecular weight is 274 g/mol. The number of aromatic carboxylic acids is 1. The van der Waals surface area contributed by atoms with E-state index in [0.29, 0.717) is 11.3 Å². The Morgan fingerprint density at radius 1 is 1.35 bits per heavy atom. The topological polar surface area (TPSA) is 62.2 Å². The van der Waals surface area contributed by atoms with Gasteiger partial charge in [-0.3, -0.25) is 4.98 Å². The lowest BCUT2D eigenvalue weighted by molar-refractivity contribution is 0.0696. The van der Waals surface area contributed by atoms with Crippen LogP contribution in [0.2, 0.25) is 0 Å². The molecule has 2 rings (SSSR count). The zero-order valence-electron chi connectivity index (χ0n) is 11.2. The Morgan fingerprint density at radius 3 is 2.70 bits per heavy atom. The molecule has 20 heavy (non-hydrogen) atoms. The Labute approximate surface area is 116 Å². The van der Waals surface area contributed by atoms with E-state index >= 15 is 0 Å². The van der Waals surface area contributed by atoms with E-state index in [1.807, 2.05) is 13.0 Å². The minimum absolute atomic E-state index is 0.154. The van der Waals surface area contributed by atoms with E-state index in [4.69, 9.17) is 5.11 Å². The van der Waals surface area contributed by atoms with Gasteiger partial charge in [-0.2, -0.15) is 0 Å². The van der Waals surface area contributed by atoms with Gasteiger partial charge in [-0.1, -0.05) is 6.07 Å². The monoisotopic (exact) mass is 274 g/mol. The summed E-state index contributed by atoms with van der Waals surface area (Å²) in [5.74, 6) is -1.34. The van der Waals surface area contributed by atoms with Crippen molar-refractivity contribution in [2.24, 2.45) is 0 Å². The molecule has 0 bridgehead atoms. The van der Waals surface area contributed by atoms with E-state index in [2.05, 4.69) is 10.3 Å². The van der Waals surface area contributed by atoms with Crippen LogP contribution >= 0.6 is 0 Å². The number of pyridine rings is 1. The predicted octanol–water partition coefficient (Wildman–Crippen LogP) is 3.40. The summed E-state index contributed by atoms with van der Waals surface area (Å²) in [7, 11) is 0. The fourth-order valence-electron chi connectivity index (χ4n) is 1.97. The van der Waals surface area contributed by atoms with Crippen LogP contribution in [-0.4, -0.2) is 16.1 Å². The molecule has 1 atom stereocenters. The van der Waals surface area contributed by atoms with Crippen molar-refractivity contribution in [3.63, 3.8) is 0 Å². The molecular weight excluding hydrogens is 259 g/mol. The van der Waals surface area contributed by atoms with Gasteiger partial charge in [-0.15, -0.1) is 0 Å². The first-order valence-electron chi connectivity index (χ1n) is 6.20. The van der Waals surface area contributed by atoms with E-state index in [-0.39, 0.29) is 17.4 Å². The van der Waals surface area contributed by atoms with Crippen molar-refractivity contribution in [3.8, 4) is 0 Å². The Morgan fingerprint density at radius 2 is 2.10 bits per heavy atom. The Bertz CT molecular complexity index is 626. The number of benzene rings is 1. The minimum Gasteiger partial charge on any atom is -0.478 e. The van der Waals surface area contributed by atoms with Crippen LogP contribution in [0.3, 0.4) is 0 Å². The first kappa shape index (κ1) is 14.0. The first-order valence-corrected chi connectivity index (χ1v) is 6.20. The molecule has 0 spiro atoms. The van der Waals surface area contributed by atoms with Crippen LogP contribution in [0.4, 0.5) is 10.1 Å². The summed E-state index contributed by atoms with van der Waals surface area (Å²) in [6.45, 7) is 3.63. The van der Waals surface area contributed by atoms with Crippen molar-refractivity contribution in [1.29, 1.82) is 0 Å². The number of aromatic nitrogens is 1. The molecule has 0 aliphatic carbocycles. The van der Waals surface area contributed by atoms with Gasteiger partial charge < -0.3 is 10.4 Å². The molecule has 0 saturated heterocycles. The second kappa shape index (κ2) is 5.69. The number of hydrogen-bond donors (Lipinski definition) is 2.